The Labute approximate surface area is 163 Å². The first-order valence-electron chi connectivity index (χ1n) is 8.97. The number of aromatic nitrogens is 1. The summed E-state index contributed by atoms with van der Waals surface area (Å²) in [6.07, 6.45) is 3.14. The number of amides is 2. The van der Waals surface area contributed by atoms with Gasteiger partial charge in [-0.05, 0) is 61.0 Å². The number of benzene rings is 2. The van der Waals surface area contributed by atoms with Crippen LogP contribution in [0.1, 0.15) is 33.2 Å². The Morgan fingerprint density at radius 3 is 2.32 bits per heavy atom. The fourth-order valence-corrected chi connectivity index (χ4v) is 2.56. The van der Waals surface area contributed by atoms with Crippen LogP contribution in [0.15, 0.2) is 73.1 Å². The molecule has 0 aliphatic rings. The third-order valence-electron chi connectivity index (χ3n) is 4.02. The Balaban J connectivity index is 1.53. The minimum Gasteiger partial charge on any atom is -0.494 e. The highest BCUT2D eigenvalue weighted by Crippen LogP contribution is 2.15. The minimum absolute atomic E-state index is 0.180. The van der Waals surface area contributed by atoms with Gasteiger partial charge in [-0.1, -0.05) is 12.1 Å². The summed E-state index contributed by atoms with van der Waals surface area (Å²) < 4.78 is 5.37. The monoisotopic (exact) mass is 375 g/mol. The number of hydrogen-bond donors (Lipinski definition) is 2. The molecule has 1 heterocycles. The van der Waals surface area contributed by atoms with Gasteiger partial charge in [-0.3, -0.25) is 14.6 Å². The molecule has 0 aliphatic heterocycles. The van der Waals surface area contributed by atoms with Gasteiger partial charge in [-0.25, -0.2) is 0 Å². The maximum Gasteiger partial charge on any atom is 0.255 e. The Bertz CT molecular complexity index is 924. The lowest BCUT2D eigenvalue weighted by atomic mass is 10.1. The molecule has 2 N–H and O–H groups in total. The molecule has 142 valence electrons. The first kappa shape index (κ1) is 19.1. The molecule has 0 fully saturated rings. The molecule has 6 nitrogen and oxygen atoms in total. The van der Waals surface area contributed by atoms with Crippen LogP contribution < -0.4 is 15.4 Å². The molecule has 2 amide bonds. The number of rotatable bonds is 7. The first-order chi connectivity index (χ1) is 13.7. The third-order valence-corrected chi connectivity index (χ3v) is 4.02. The minimum atomic E-state index is -0.194. The maximum absolute atomic E-state index is 12.3. The van der Waals surface area contributed by atoms with Crippen LogP contribution in [-0.2, 0) is 6.54 Å². The van der Waals surface area contributed by atoms with Gasteiger partial charge in [0.1, 0.15) is 5.75 Å². The molecule has 3 rings (SSSR count). The van der Waals surface area contributed by atoms with Crippen molar-refractivity contribution in [2.45, 2.75) is 13.5 Å². The quantitative estimate of drug-likeness (QED) is 0.660. The van der Waals surface area contributed by atoms with Gasteiger partial charge in [0, 0.05) is 30.2 Å². The predicted octanol–water partition coefficient (Wildman–Crippen LogP) is 3.66. The lowest BCUT2D eigenvalue weighted by Gasteiger charge is -2.09. The summed E-state index contributed by atoms with van der Waals surface area (Å²) in [5.41, 5.74) is 2.68. The van der Waals surface area contributed by atoms with E-state index in [-0.39, 0.29) is 11.8 Å². The summed E-state index contributed by atoms with van der Waals surface area (Å²) >= 11 is 0. The van der Waals surface area contributed by atoms with E-state index in [0.29, 0.717) is 30.0 Å². The summed E-state index contributed by atoms with van der Waals surface area (Å²) in [7, 11) is 0. The maximum atomic E-state index is 12.3. The molecule has 0 radical (unpaired) electrons. The topological polar surface area (TPSA) is 80.3 Å². The van der Waals surface area contributed by atoms with Crippen LogP contribution in [0.4, 0.5) is 5.69 Å². The number of ether oxygens (including phenoxy) is 1. The molecule has 2 aromatic carbocycles. The molecule has 28 heavy (non-hydrogen) atoms. The molecule has 0 atom stereocenters. The Morgan fingerprint density at radius 2 is 1.68 bits per heavy atom. The van der Waals surface area contributed by atoms with Gasteiger partial charge in [0.25, 0.3) is 11.8 Å². The van der Waals surface area contributed by atoms with E-state index in [1.54, 1.807) is 54.7 Å². The van der Waals surface area contributed by atoms with Gasteiger partial charge in [0.15, 0.2) is 0 Å². The zero-order valence-corrected chi connectivity index (χ0v) is 15.5. The molecule has 0 aliphatic carbocycles. The number of carbonyl (C=O) groups is 2. The normalized spacial score (nSPS) is 10.2. The third kappa shape index (κ3) is 5.17. The van der Waals surface area contributed by atoms with Crippen molar-refractivity contribution in [3.8, 4) is 5.75 Å². The van der Waals surface area contributed by atoms with Crippen LogP contribution >= 0.6 is 0 Å². The zero-order valence-electron chi connectivity index (χ0n) is 15.5. The summed E-state index contributed by atoms with van der Waals surface area (Å²) in [6, 6.07) is 17.7. The van der Waals surface area contributed by atoms with E-state index in [2.05, 4.69) is 15.6 Å². The average Bonchev–Trinajstić information content (AvgIpc) is 2.74. The summed E-state index contributed by atoms with van der Waals surface area (Å²) in [5.74, 6) is 0.360. The molecule has 6 heteroatoms. The molecule has 0 saturated carbocycles. The van der Waals surface area contributed by atoms with E-state index in [0.717, 1.165) is 11.3 Å². The van der Waals surface area contributed by atoms with Gasteiger partial charge in [-0.15, -0.1) is 0 Å². The predicted molar refractivity (Wildman–Crippen MR) is 107 cm³/mol. The number of nitrogens with zero attached hydrogens (tertiary/aromatic N) is 1. The molecule has 0 spiro atoms. The number of nitrogens with one attached hydrogen (secondary N) is 2. The van der Waals surface area contributed by atoms with E-state index < -0.39 is 0 Å². The highest BCUT2D eigenvalue weighted by molar-refractivity contribution is 6.04. The Morgan fingerprint density at radius 1 is 0.929 bits per heavy atom. The van der Waals surface area contributed by atoms with Crippen LogP contribution in [0, 0.1) is 0 Å². The van der Waals surface area contributed by atoms with Crippen molar-refractivity contribution in [3.05, 3.63) is 89.7 Å². The molecular formula is C22H21N3O3. The molecule has 3 aromatic rings. The van der Waals surface area contributed by atoms with Crippen molar-refractivity contribution >= 4 is 17.5 Å². The van der Waals surface area contributed by atoms with Gasteiger partial charge < -0.3 is 15.4 Å². The second-order valence-corrected chi connectivity index (χ2v) is 6.03. The largest absolute Gasteiger partial charge is 0.494 e. The smallest absolute Gasteiger partial charge is 0.255 e. The van der Waals surface area contributed by atoms with E-state index in [1.807, 2.05) is 19.1 Å². The fraction of sp³-hybridized carbons (Fsp3) is 0.136. The van der Waals surface area contributed by atoms with Crippen LogP contribution in [0.5, 0.6) is 5.75 Å². The summed E-state index contributed by atoms with van der Waals surface area (Å²) in [5, 5.41) is 5.69. The van der Waals surface area contributed by atoms with Crippen molar-refractivity contribution < 1.29 is 14.3 Å². The zero-order chi connectivity index (χ0) is 19.8. The molecule has 0 saturated heterocycles. The van der Waals surface area contributed by atoms with Crippen molar-refractivity contribution in [1.29, 1.82) is 0 Å². The van der Waals surface area contributed by atoms with Gasteiger partial charge >= 0.3 is 0 Å². The van der Waals surface area contributed by atoms with Crippen LogP contribution in [0.3, 0.4) is 0 Å². The Hall–Kier alpha value is -3.67. The lowest BCUT2D eigenvalue weighted by Crippen LogP contribution is -2.22. The molecular weight excluding hydrogens is 354 g/mol. The standard InChI is InChI=1S/C22H21N3O3/c1-2-28-20-11-7-17(8-12-20)22(27)25-19-9-5-16(6-10-19)14-24-21(26)18-4-3-13-23-15-18/h3-13,15H,2,14H2,1H3,(H,24,26)(H,25,27). The lowest BCUT2D eigenvalue weighted by molar-refractivity contribution is 0.0949. The van der Waals surface area contributed by atoms with E-state index >= 15 is 0 Å². The molecule has 0 unspecified atom stereocenters. The number of pyridine rings is 1. The van der Waals surface area contributed by atoms with Crippen LogP contribution in [0.25, 0.3) is 0 Å². The highest BCUT2D eigenvalue weighted by atomic mass is 16.5. The van der Waals surface area contributed by atoms with E-state index in [1.165, 1.54) is 6.20 Å². The van der Waals surface area contributed by atoms with E-state index in [4.69, 9.17) is 4.74 Å². The van der Waals surface area contributed by atoms with Crippen molar-refractivity contribution in [2.24, 2.45) is 0 Å². The van der Waals surface area contributed by atoms with Gasteiger partial charge in [-0.2, -0.15) is 0 Å². The summed E-state index contributed by atoms with van der Waals surface area (Å²) in [4.78, 5) is 28.3. The van der Waals surface area contributed by atoms with Crippen LogP contribution in [-0.4, -0.2) is 23.4 Å². The SMILES string of the molecule is CCOc1ccc(C(=O)Nc2ccc(CNC(=O)c3cccnc3)cc2)cc1. The van der Waals surface area contributed by atoms with Crippen molar-refractivity contribution in [3.63, 3.8) is 0 Å². The number of carbonyl (C=O) groups excluding carboxylic acids is 2. The average molecular weight is 375 g/mol. The molecule has 0 bridgehead atoms. The van der Waals surface area contributed by atoms with Gasteiger partial charge in [0.05, 0.1) is 12.2 Å². The fourth-order valence-electron chi connectivity index (χ4n) is 2.56. The first-order valence-corrected chi connectivity index (χ1v) is 8.97. The number of hydrogen-bond acceptors (Lipinski definition) is 4. The highest BCUT2D eigenvalue weighted by Gasteiger charge is 2.07. The van der Waals surface area contributed by atoms with Crippen LogP contribution in [0.2, 0.25) is 0 Å². The van der Waals surface area contributed by atoms with Gasteiger partial charge in [0.2, 0.25) is 0 Å². The second kappa shape index (κ2) is 9.32. The van der Waals surface area contributed by atoms with Crippen molar-refractivity contribution in [2.75, 3.05) is 11.9 Å². The second-order valence-electron chi connectivity index (χ2n) is 6.03. The Kier molecular flexibility index (Phi) is 6.36. The molecule has 1 aromatic heterocycles. The van der Waals surface area contributed by atoms with Crippen molar-refractivity contribution in [1.82, 2.24) is 10.3 Å². The summed E-state index contributed by atoms with van der Waals surface area (Å²) in [6.45, 7) is 2.88. The van der Waals surface area contributed by atoms with E-state index in [9.17, 15) is 9.59 Å². The number of anilines is 1.